The molecule has 5 aliphatic rings. The van der Waals surface area contributed by atoms with Gasteiger partial charge in [0.2, 0.25) is 11.8 Å². The number of fused-ring (bicyclic) bond motifs is 2. The number of rotatable bonds is 21. The van der Waals surface area contributed by atoms with Crippen LogP contribution in [0.15, 0.2) is 53.5 Å². The third kappa shape index (κ3) is 11.8. The van der Waals surface area contributed by atoms with E-state index in [0.717, 1.165) is 161 Å². The minimum absolute atomic E-state index is 0.0777. The summed E-state index contributed by atoms with van der Waals surface area (Å²) in [5.74, 6) is -0.980. The van der Waals surface area contributed by atoms with Crippen molar-refractivity contribution in [3.8, 4) is 16.9 Å². The number of anilines is 2. The Labute approximate surface area is 434 Å². The Morgan fingerprint density at radius 2 is 1.55 bits per heavy atom. The molecule has 3 saturated heterocycles. The average Bonchev–Trinajstić information content (AvgIpc) is 3.67. The Hall–Kier alpha value is -6.39. The summed E-state index contributed by atoms with van der Waals surface area (Å²) in [4.78, 5) is 94.4. The van der Waals surface area contributed by atoms with Crippen molar-refractivity contribution in [2.24, 2.45) is 0 Å². The van der Waals surface area contributed by atoms with Gasteiger partial charge in [0.15, 0.2) is 0 Å². The molecule has 3 N–H and O–H groups in total. The number of H-pyrrole nitrogens is 1. The number of nitrogens with one attached hydrogen (secondary N) is 3. The fourth-order valence-corrected chi connectivity index (χ4v) is 11.8. The van der Waals surface area contributed by atoms with Crippen molar-refractivity contribution in [3.63, 3.8) is 0 Å². The van der Waals surface area contributed by atoms with Crippen LogP contribution in [0.4, 0.5) is 11.5 Å². The maximum absolute atomic E-state index is 14.3. The van der Waals surface area contributed by atoms with Crippen LogP contribution in [0.5, 0.6) is 5.75 Å². The summed E-state index contributed by atoms with van der Waals surface area (Å²) >= 11 is 0. The van der Waals surface area contributed by atoms with Gasteiger partial charge in [-0.15, -0.1) is 0 Å². The van der Waals surface area contributed by atoms with E-state index in [9.17, 15) is 28.8 Å². The summed E-state index contributed by atoms with van der Waals surface area (Å²) in [6.07, 6.45) is 16.9. The number of hydrogen-bond acceptors (Lipinski definition) is 12. The zero-order valence-electron chi connectivity index (χ0n) is 43.7. The number of aromatic nitrogens is 2. The highest BCUT2D eigenvalue weighted by Gasteiger charge is 2.46. The third-order valence-corrected chi connectivity index (χ3v) is 16.0. The molecule has 1 unspecified atom stereocenters. The second-order valence-corrected chi connectivity index (χ2v) is 20.7. The van der Waals surface area contributed by atoms with Gasteiger partial charge in [-0.3, -0.25) is 43.9 Å². The van der Waals surface area contributed by atoms with E-state index in [2.05, 4.69) is 55.4 Å². The molecule has 5 amide bonds. The molecule has 1 aliphatic carbocycles. The molecule has 16 heteroatoms. The number of piperidine rings is 1. The van der Waals surface area contributed by atoms with Gasteiger partial charge in [-0.1, -0.05) is 44.6 Å². The molecule has 0 radical (unpaired) electrons. The van der Waals surface area contributed by atoms with Crippen molar-refractivity contribution in [1.82, 2.24) is 30.4 Å². The molecule has 1 atom stereocenters. The topological polar surface area (TPSA) is 187 Å². The molecule has 16 nitrogen and oxygen atoms in total. The number of carbonyl (C=O) groups excluding carboxylic acids is 5. The van der Waals surface area contributed by atoms with E-state index in [1.54, 1.807) is 18.2 Å². The zero-order chi connectivity index (χ0) is 51.7. The lowest BCUT2D eigenvalue weighted by Gasteiger charge is -2.37. The van der Waals surface area contributed by atoms with E-state index in [1.807, 2.05) is 26.1 Å². The SMILES string of the molecule is CCN(c1cc(-c2ccc(N3CCN(CCCCCCCCCCOc4cccc5c4C(=O)N(C4CCC(=O)NC4=O)C5=O)CC3)nc2)cc(C(=O)NCc2c3c(c(C)[nH]c2=O)CCCC3)c1C)C1CCOCC1. The first kappa shape index (κ1) is 52.5. The maximum atomic E-state index is 14.3. The first-order valence-corrected chi connectivity index (χ1v) is 27.4. The third-order valence-electron chi connectivity index (χ3n) is 16.0. The van der Waals surface area contributed by atoms with E-state index in [0.29, 0.717) is 29.5 Å². The molecule has 0 bridgehead atoms. The number of amides is 5. The normalized spacial score (nSPS) is 18.3. The largest absolute Gasteiger partial charge is 0.493 e. The first-order valence-electron chi connectivity index (χ1n) is 27.4. The smallest absolute Gasteiger partial charge is 0.266 e. The molecule has 2 aromatic heterocycles. The molecule has 0 spiro atoms. The van der Waals surface area contributed by atoms with Gasteiger partial charge >= 0.3 is 0 Å². The standard InChI is InChI=1S/C58H74N8O8/c1-4-65(42-24-32-73-33-25-42)49-35-41(34-46(38(49)2)54(68)60-37-47-44-17-12-11-16-43(44)39(3)61-55(47)69)40-20-22-51(59-36-40)64-29-27-63(28-30-64)26-13-9-7-5-6-8-10-14-31-74-50-19-15-18-45-53(50)58(72)66(57(45)71)48-21-23-52(67)62-56(48)70/h15,18-20,22,34-36,42,48H,4-14,16-17,21,23-33,37H2,1-3H3,(H,60,68)(H,61,69)(H,62,67,70). The molecule has 9 rings (SSSR count). The highest BCUT2D eigenvalue weighted by atomic mass is 16.5. The Kier molecular flexibility index (Phi) is 17.2. The van der Waals surface area contributed by atoms with E-state index in [4.69, 9.17) is 14.5 Å². The summed E-state index contributed by atoms with van der Waals surface area (Å²) in [5.41, 5.74) is 8.73. The monoisotopic (exact) mass is 1010 g/mol. The van der Waals surface area contributed by atoms with Gasteiger partial charge in [-0.25, -0.2) is 4.98 Å². The molecular weight excluding hydrogens is 937 g/mol. The lowest BCUT2D eigenvalue weighted by Crippen LogP contribution is -2.54. The summed E-state index contributed by atoms with van der Waals surface area (Å²) in [7, 11) is 0. The first-order chi connectivity index (χ1) is 36.0. The fourth-order valence-electron chi connectivity index (χ4n) is 11.8. The Morgan fingerprint density at radius 3 is 2.27 bits per heavy atom. The van der Waals surface area contributed by atoms with Crippen LogP contribution in [-0.2, 0) is 33.7 Å². The summed E-state index contributed by atoms with van der Waals surface area (Å²) in [6.45, 7) is 14.0. The number of pyridine rings is 2. The molecular formula is C58H74N8O8. The number of carbonyl (C=O) groups is 5. The van der Waals surface area contributed by atoms with Gasteiger partial charge in [-0.2, -0.15) is 0 Å². The van der Waals surface area contributed by atoms with Gasteiger partial charge in [0, 0.05) is 99.2 Å². The molecule has 4 aromatic rings. The highest BCUT2D eigenvalue weighted by molar-refractivity contribution is 6.24. The van der Waals surface area contributed by atoms with Crippen LogP contribution < -0.4 is 30.7 Å². The quantitative estimate of drug-likeness (QED) is 0.0550. The van der Waals surface area contributed by atoms with E-state index >= 15 is 0 Å². The summed E-state index contributed by atoms with van der Waals surface area (Å²) < 4.78 is 11.7. The van der Waals surface area contributed by atoms with Gasteiger partial charge in [0.1, 0.15) is 17.6 Å². The molecule has 0 saturated carbocycles. The number of aromatic amines is 1. The van der Waals surface area contributed by atoms with Crippen molar-refractivity contribution in [3.05, 3.63) is 104 Å². The Morgan fingerprint density at radius 1 is 0.824 bits per heavy atom. The number of benzene rings is 2. The van der Waals surface area contributed by atoms with Crippen molar-refractivity contribution in [2.45, 2.75) is 142 Å². The van der Waals surface area contributed by atoms with Crippen LogP contribution in [0, 0.1) is 13.8 Å². The van der Waals surface area contributed by atoms with E-state index < -0.39 is 29.7 Å². The lowest BCUT2D eigenvalue weighted by atomic mass is 9.88. The summed E-state index contributed by atoms with van der Waals surface area (Å²) in [5, 5.41) is 5.40. The molecule has 2 aromatic carbocycles. The predicted octanol–water partition coefficient (Wildman–Crippen LogP) is 7.59. The van der Waals surface area contributed by atoms with Gasteiger partial charge in [0.05, 0.1) is 17.7 Å². The average molecular weight is 1010 g/mol. The Bertz CT molecular complexity index is 2760. The van der Waals surface area contributed by atoms with Crippen LogP contribution in [0.25, 0.3) is 11.1 Å². The molecule has 394 valence electrons. The fraction of sp³-hybridized carbons (Fsp3) is 0.534. The van der Waals surface area contributed by atoms with Gasteiger partial charge in [0.25, 0.3) is 23.3 Å². The van der Waals surface area contributed by atoms with Gasteiger partial charge in [-0.05, 0) is 144 Å². The zero-order valence-corrected chi connectivity index (χ0v) is 43.7. The number of nitrogens with zero attached hydrogens (tertiary/aromatic N) is 5. The number of unbranched alkanes of at least 4 members (excludes halogenated alkanes) is 7. The van der Waals surface area contributed by atoms with Crippen LogP contribution >= 0.6 is 0 Å². The van der Waals surface area contributed by atoms with E-state index in [-0.39, 0.29) is 42.0 Å². The Balaban J connectivity index is 0.711. The van der Waals surface area contributed by atoms with E-state index in [1.165, 1.54) is 31.2 Å². The lowest BCUT2D eigenvalue weighted by molar-refractivity contribution is -0.136. The van der Waals surface area contributed by atoms with Crippen LogP contribution in [0.1, 0.15) is 156 Å². The number of piperazine rings is 1. The minimum atomic E-state index is -1.00. The van der Waals surface area contributed by atoms with Crippen LogP contribution in [0.2, 0.25) is 0 Å². The molecule has 3 fully saturated rings. The van der Waals surface area contributed by atoms with Crippen molar-refractivity contribution in [1.29, 1.82) is 0 Å². The highest BCUT2D eigenvalue weighted by Crippen LogP contribution is 2.36. The molecule has 6 heterocycles. The molecule has 74 heavy (non-hydrogen) atoms. The van der Waals surface area contributed by atoms with Crippen molar-refractivity contribution >= 4 is 41.0 Å². The minimum Gasteiger partial charge on any atom is -0.493 e. The second-order valence-electron chi connectivity index (χ2n) is 20.7. The molecule has 4 aliphatic heterocycles. The number of ether oxygens (including phenoxy) is 2. The van der Waals surface area contributed by atoms with Crippen LogP contribution in [-0.4, -0.2) is 120 Å². The second kappa shape index (κ2) is 24.3. The van der Waals surface area contributed by atoms with Gasteiger partial charge < -0.3 is 29.6 Å². The number of aryl methyl sites for hydroxylation is 1. The number of hydrogen-bond donors (Lipinski definition) is 3. The predicted molar refractivity (Wildman–Crippen MR) is 285 cm³/mol. The van der Waals surface area contributed by atoms with Crippen molar-refractivity contribution in [2.75, 3.05) is 68.9 Å². The summed E-state index contributed by atoms with van der Waals surface area (Å²) in [6, 6.07) is 12.7. The number of imide groups is 2. The van der Waals surface area contributed by atoms with Crippen molar-refractivity contribution < 1.29 is 33.4 Å². The maximum Gasteiger partial charge on any atom is 0.266 e. The van der Waals surface area contributed by atoms with Crippen LogP contribution in [0.3, 0.4) is 0 Å².